The quantitative estimate of drug-likeness (QED) is 0.536. The molecule has 0 spiro atoms. The van der Waals surface area contributed by atoms with E-state index in [1.165, 1.54) is 18.4 Å². The second-order valence-electron chi connectivity index (χ2n) is 6.65. The molecule has 0 bridgehead atoms. The molecule has 1 aromatic heterocycles. The lowest BCUT2D eigenvalue weighted by Gasteiger charge is -2.26. The summed E-state index contributed by atoms with van der Waals surface area (Å²) < 4.78 is 5.42. The summed E-state index contributed by atoms with van der Waals surface area (Å²) in [6.45, 7) is 11.4. The summed E-state index contributed by atoms with van der Waals surface area (Å²) in [7, 11) is 1.81. The summed E-state index contributed by atoms with van der Waals surface area (Å²) in [5, 5.41) is 11.0. The van der Waals surface area contributed by atoms with E-state index in [0.29, 0.717) is 12.6 Å². The summed E-state index contributed by atoms with van der Waals surface area (Å²) in [5.74, 6) is 1.80. The van der Waals surface area contributed by atoms with Gasteiger partial charge in [-0.2, -0.15) is 0 Å². The number of aromatic nitrogens is 1. The molecule has 0 amide bonds. The van der Waals surface area contributed by atoms with Crippen molar-refractivity contribution in [3.8, 4) is 0 Å². The van der Waals surface area contributed by atoms with Crippen molar-refractivity contribution in [2.45, 2.75) is 72.0 Å². The maximum absolute atomic E-state index is 5.42. The lowest BCUT2D eigenvalue weighted by Crippen LogP contribution is -2.43. The Labute approximate surface area is 146 Å². The molecule has 2 rings (SSSR count). The molecule has 1 fully saturated rings. The van der Waals surface area contributed by atoms with Crippen molar-refractivity contribution >= 4 is 5.96 Å². The highest BCUT2D eigenvalue weighted by Crippen LogP contribution is 2.27. The molecule has 0 radical (unpaired) electrons. The minimum atomic E-state index is 0.602. The first kappa shape index (κ1) is 18.8. The number of guanidine groups is 1. The zero-order valence-corrected chi connectivity index (χ0v) is 15.9. The van der Waals surface area contributed by atoms with Crippen molar-refractivity contribution < 1.29 is 4.52 Å². The standard InChI is InChI=1S/C18H33N5O/c1-6-16-15(17(7-2)24-22-16)12-21-18(19-5)20-10-11-23(13(3)4)14-8-9-14/h13-14H,6-12H2,1-5H3,(H2,19,20,21). The van der Waals surface area contributed by atoms with E-state index in [-0.39, 0.29) is 0 Å². The van der Waals surface area contributed by atoms with Crippen molar-refractivity contribution in [1.29, 1.82) is 0 Å². The number of aliphatic imine (C=N–C) groups is 1. The van der Waals surface area contributed by atoms with E-state index in [0.717, 1.165) is 49.4 Å². The van der Waals surface area contributed by atoms with Crippen LogP contribution in [0.25, 0.3) is 0 Å². The normalized spacial score (nSPS) is 15.4. The van der Waals surface area contributed by atoms with Crippen LogP contribution in [-0.4, -0.2) is 48.2 Å². The third-order valence-corrected chi connectivity index (χ3v) is 4.60. The van der Waals surface area contributed by atoms with Crippen molar-refractivity contribution in [1.82, 2.24) is 20.7 Å². The Bertz CT molecular complexity index is 510. The van der Waals surface area contributed by atoms with Gasteiger partial charge in [0.25, 0.3) is 0 Å². The Balaban J connectivity index is 1.81. The fraction of sp³-hybridized carbons (Fsp3) is 0.778. The van der Waals surface area contributed by atoms with Crippen LogP contribution in [0.3, 0.4) is 0 Å². The summed E-state index contributed by atoms with van der Waals surface area (Å²) >= 11 is 0. The van der Waals surface area contributed by atoms with Gasteiger partial charge in [0.05, 0.1) is 5.69 Å². The first-order valence-corrected chi connectivity index (χ1v) is 9.27. The molecule has 0 saturated heterocycles. The first-order valence-electron chi connectivity index (χ1n) is 9.27. The van der Waals surface area contributed by atoms with Gasteiger partial charge in [-0.25, -0.2) is 0 Å². The molecule has 6 heteroatoms. The number of aryl methyl sites for hydroxylation is 2. The third kappa shape index (κ3) is 4.97. The van der Waals surface area contributed by atoms with E-state index in [1.807, 2.05) is 7.05 Å². The summed E-state index contributed by atoms with van der Waals surface area (Å²) in [6, 6.07) is 1.39. The third-order valence-electron chi connectivity index (χ3n) is 4.60. The van der Waals surface area contributed by atoms with Gasteiger partial charge in [0.1, 0.15) is 5.76 Å². The van der Waals surface area contributed by atoms with Crippen molar-refractivity contribution in [3.63, 3.8) is 0 Å². The lowest BCUT2D eigenvalue weighted by molar-refractivity contribution is 0.215. The number of hydrogen-bond donors (Lipinski definition) is 2. The predicted octanol–water partition coefficient (Wildman–Crippen LogP) is 2.34. The first-order chi connectivity index (χ1) is 11.6. The van der Waals surface area contributed by atoms with E-state index in [2.05, 4.69) is 53.4 Å². The van der Waals surface area contributed by atoms with Gasteiger partial charge >= 0.3 is 0 Å². The van der Waals surface area contributed by atoms with Crippen LogP contribution in [0.5, 0.6) is 0 Å². The van der Waals surface area contributed by atoms with E-state index < -0.39 is 0 Å². The minimum Gasteiger partial charge on any atom is -0.361 e. The molecule has 1 aromatic rings. The smallest absolute Gasteiger partial charge is 0.191 e. The summed E-state index contributed by atoms with van der Waals surface area (Å²) in [6.07, 6.45) is 4.44. The van der Waals surface area contributed by atoms with E-state index in [4.69, 9.17) is 4.52 Å². The molecule has 1 saturated carbocycles. The number of rotatable bonds is 9. The Morgan fingerprint density at radius 3 is 2.58 bits per heavy atom. The average Bonchev–Trinajstić information content (AvgIpc) is 3.33. The Hall–Kier alpha value is -1.56. The molecule has 6 nitrogen and oxygen atoms in total. The van der Waals surface area contributed by atoms with E-state index in [9.17, 15) is 0 Å². The Kier molecular flexibility index (Phi) is 7.09. The van der Waals surface area contributed by atoms with E-state index in [1.54, 1.807) is 0 Å². The predicted molar refractivity (Wildman–Crippen MR) is 98.3 cm³/mol. The van der Waals surface area contributed by atoms with Crippen LogP contribution in [0.2, 0.25) is 0 Å². The molecule has 1 aliphatic carbocycles. The molecular formula is C18H33N5O. The molecule has 2 N–H and O–H groups in total. The van der Waals surface area contributed by atoms with Gasteiger partial charge in [-0.05, 0) is 33.1 Å². The van der Waals surface area contributed by atoms with Gasteiger partial charge < -0.3 is 15.2 Å². The number of nitrogens with one attached hydrogen (secondary N) is 2. The van der Waals surface area contributed by atoms with Crippen LogP contribution < -0.4 is 10.6 Å². The molecular weight excluding hydrogens is 302 g/mol. The molecule has 136 valence electrons. The van der Waals surface area contributed by atoms with Crippen molar-refractivity contribution in [2.24, 2.45) is 4.99 Å². The van der Waals surface area contributed by atoms with E-state index >= 15 is 0 Å². The Morgan fingerprint density at radius 2 is 2.04 bits per heavy atom. The van der Waals surface area contributed by atoms with Crippen molar-refractivity contribution in [3.05, 3.63) is 17.0 Å². The molecule has 1 heterocycles. The highest BCUT2D eigenvalue weighted by atomic mass is 16.5. The largest absolute Gasteiger partial charge is 0.361 e. The lowest BCUT2D eigenvalue weighted by atomic mass is 10.1. The number of hydrogen-bond acceptors (Lipinski definition) is 4. The fourth-order valence-electron chi connectivity index (χ4n) is 3.10. The topological polar surface area (TPSA) is 65.7 Å². The second kappa shape index (κ2) is 9.06. The van der Waals surface area contributed by atoms with Gasteiger partial charge in [-0.3, -0.25) is 9.89 Å². The Morgan fingerprint density at radius 1 is 1.29 bits per heavy atom. The second-order valence-corrected chi connectivity index (χ2v) is 6.65. The maximum Gasteiger partial charge on any atom is 0.191 e. The molecule has 0 atom stereocenters. The molecule has 0 aliphatic heterocycles. The van der Waals surface area contributed by atoms with Gasteiger partial charge in [0, 0.05) is 50.7 Å². The summed E-state index contributed by atoms with van der Waals surface area (Å²) in [4.78, 5) is 6.90. The van der Waals surface area contributed by atoms with Crippen molar-refractivity contribution in [2.75, 3.05) is 20.1 Å². The monoisotopic (exact) mass is 335 g/mol. The van der Waals surface area contributed by atoms with Gasteiger partial charge in [0.15, 0.2) is 5.96 Å². The maximum atomic E-state index is 5.42. The highest BCUT2D eigenvalue weighted by molar-refractivity contribution is 5.79. The SMILES string of the molecule is CCc1noc(CC)c1CNC(=NC)NCCN(C(C)C)C1CC1. The van der Waals surface area contributed by atoms with Gasteiger partial charge in [-0.1, -0.05) is 19.0 Å². The molecule has 0 unspecified atom stereocenters. The van der Waals surface area contributed by atoms with Gasteiger partial charge in [-0.15, -0.1) is 0 Å². The average molecular weight is 335 g/mol. The molecule has 24 heavy (non-hydrogen) atoms. The van der Waals surface area contributed by atoms with Gasteiger partial charge in [0.2, 0.25) is 0 Å². The summed E-state index contributed by atoms with van der Waals surface area (Å²) in [5.41, 5.74) is 2.21. The van der Waals surface area contributed by atoms with Crippen LogP contribution in [-0.2, 0) is 19.4 Å². The highest BCUT2D eigenvalue weighted by Gasteiger charge is 2.30. The van der Waals surface area contributed by atoms with Crippen LogP contribution in [0.1, 0.15) is 57.6 Å². The minimum absolute atomic E-state index is 0.602. The zero-order valence-electron chi connectivity index (χ0n) is 15.9. The van der Waals surface area contributed by atoms with Crippen LogP contribution in [0, 0.1) is 0 Å². The number of nitrogens with zero attached hydrogens (tertiary/aromatic N) is 3. The zero-order chi connectivity index (χ0) is 17.5. The van der Waals surface area contributed by atoms with Crippen LogP contribution in [0.4, 0.5) is 0 Å². The molecule has 1 aliphatic rings. The molecule has 0 aromatic carbocycles. The fourth-order valence-corrected chi connectivity index (χ4v) is 3.10. The van der Waals surface area contributed by atoms with Crippen LogP contribution in [0.15, 0.2) is 9.52 Å². The van der Waals surface area contributed by atoms with Crippen LogP contribution >= 0.6 is 0 Å².